The van der Waals surface area contributed by atoms with Gasteiger partial charge in [-0.3, -0.25) is 4.90 Å². The molecule has 1 atom stereocenters. The second kappa shape index (κ2) is 9.91. The van der Waals surface area contributed by atoms with Gasteiger partial charge in [0.2, 0.25) is 10.0 Å². The molecule has 182 valence electrons. The summed E-state index contributed by atoms with van der Waals surface area (Å²) in [7, 11) is -3.50. The minimum Gasteiger partial charge on any atom is -0.392 e. The number of piperazine rings is 1. The zero-order valence-electron chi connectivity index (χ0n) is 19.7. The van der Waals surface area contributed by atoms with Gasteiger partial charge in [-0.2, -0.15) is 4.31 Å². The summed E-state index contributed by atoms with van der Waals surface area (Å²) >= 11 is 0. The van der Waals surface area contributed by atoms with E-state index in [0.29, 0.717) is 37.6 Å². The van der Waals surface area contributed by atoms with Crippen LogP contribution in [0.15, 0.2) is 82.8 Å². The van der Waals surface area contributed by atoms with Crippen molar-refractivity contribution in [1.29, 1.82) is 0 Å². The average Bonchev–Trinajstić information content (AvgIpc) is 3.19. The van der Waals surface area contributed by atoms with E-state index in [1.54, 1.807) is 12.1 Å². The van der Waals surface area contributed by atoms with E-state index in [1.165, 1.54) is 4.31 Å². The molecule has 1 aliphatic heterocycles. The molecule has 0 radical (unpaired) electrons. The summed E-state index contributed by atoms with van der Waals surface area (Å²) in [6, 6.07) is 23.1. The summed E-state index contributed by atoms with van der Waals surface area (Å²) in [6.45, 7) is 4.28. The lowest BCUT2D eigenvalue weighted by atomic mass is 10.1. The van der Waals surface area contributed by atoms with Crippen LogP contribution in [-0.4, -0.2) is 73.9 Å². The van der Waals surface area contributed by atoms with Crippen LogP contribution in [0.25, 0.3) is 11.1 Å². The van der Waals surface area contributed by atoms with Crippen LogP contribution in [0.3, 0.4) is 0 Å². The number of hydrogen-bond acceptors (Lipinski definition) is 6. The summed E-state index contributed by atoms with van der Waals surface area (Å²) in [6.07, 6.45) is -0.730. The van der Waals surface area contributed by atoms with Gasteiger partial charge in [-0.1, -0.05) is 71.4 Å². The van der Waals surface area contributed by atoms with Gasteiger partial charge >= 0.3 is 0 Å². The smallest absolute Gasteiger partial charge is 0.243 e. The van der Waals surface area contributed by atoms with Crippen LogP contribution in [0.2, 0.25) is 0 Å². The van der Waals surface area contributed by atoms with Crippen LogP contribution >= 0.6 is 0 Å². The Bertz CT molecular complexity index is 1280. The number of oxime groups is 1. The van der Waals surface area contributed by atoms with Crippen molar-refractivity contribution in [3.8, 4) is 11.1 Å². The number of aliphatic hydroxyl groups is 1. The van der Waals surface area contributed by atoms with Crippen molar-refractivity contribution < 1.29 is 18.4 Å². The molecule has 3 aromatic rings. The third kappa shape index (κ3) is 4.88. The molecule has 0 unspecified atom stereocenters. The standard InChI is InChI=1S/C27H29N3O4S/c1-20-10-12-22(13-11-20)35(32,33)30-16-14-29(15-17-30)18-21(31)19-34-28-27-25-8-4-2-6-23(25)24-7-3-5-9-26(24)27/h2-13,21,31H,14-19H2,1H3/t21-/m1/s1. The Morgan fingerprint density at radius 2 is 1.40 bits per heavy atom. The number of β-amino-alcohol motifs (C(OH)–C–C–N with tert-alkyl or cyclic N) is 1. The van der Waals surface area contributed by atoms with Gasteiger partial charge in [0.15, 0.2) is 0 Å². The molecule has 0 amide bonds. The van der Waals surface area contributed by atoms with Crippen molar-refractivity contribution in [2.75, 3.05) is 39.3 Å². The van der Waals surface area contributed by atoms with Crippen molar-refractivity contribution in [2.45, 2.75) is 17.9 Å². The Labute approximate surface area is 206 Å². The van der Waals surface area contributed by atoms with E-state index in [-0.39, 0.29) is 6.61 Å². The van der Waals surface area contributed by atoms with Gasteiger partial charge in [-0.05, 0) is 30.2 Å². The van der Waals surface area contributed by atoms with Crippen molar-refractivity contribution in [3.05, 3.63) is 89.5 Å². The van der Waals surface area contributed by atoms with Crippen molar-refractivity contribution in [1.82, 2.24) is 9.21 Å². The number of aryl methyl sites for hydroxylation is 1. The molecule has 1 heterocycles. The molecule has 35 heavy (non-hydrogen) atoms. The predicted molar refractivity (Wildman–Crippen MR) is 136 cm³/mol. The second-order valence-electron chi connectivity index (χ2n) is 9.00. The largest absolute Gasteiger partial charge is 0.392 e. The maximum absolute atomic E-state index is 12.9. The fourth-order valence-electron chi connectivity index (χ4n) is 4.64. The Morgan fingerprint density at radius 3 is 1.97 bits per heavy atom. The van der Waals surface area contributed by atoms with Crippen molar-refractivity contribution in [2.24, 2.45) is 5.16 Å². The van der Waals surface area contributed by atoms with Crippen molar-refractivity contribution in [3.63, 3.8) is 0 Å². The van der Waals surface area contributed by atoms with E-state index in [1.807, 2.05) is 55.5 Å². The molecule has 1 fully saturated rings. The van der Waals surface area contributed by atoms with Gasteiger partial charge in [-0.15, -0.1) is 0 Å². The molecule has 3 aromatic carbocycles. The average molecular weight is 492 g/mol. The SMILES string of the molecule is Cc1ccc(S(=O)(=O)N2CCN(C[C@@H](O)CON=C3c4ccccc4-c4ccccc43)CC2)cc1. The number of nitrogens with zero attached hydrogens (tertiary/aromatic N) is 3. The van der Waals surface area contributed by atoms with Crippen LogP contribution in [0.4, 0.5) is 0 Å². The highest BCUT2D eigenvalue weighted by atomic mass is 32.2. The lowest BCUT2D eigenvalue weighted by Crippen LogP contribution is -2.50. The third-order valence-corrected chi connectivity index (χ3v) is 8.45. The number of rotatable bonds is 7. The lowest BCUT2D eigenvalue weighted by Gasteiger charge is -2.34. The van der Waals surface area contributed by atoms with Gasteiger partial charge in [0.25, 0.3) is 0 Å². The molecule has 1 saturated heterocycles. The molecule has 8 heteroatoms. The maximum atomic E-state index is 12.9. The first-order chi connectivity index (χ1) is 16.9. The Kier molecular flexibility index (Phi) is 6.71. The van der Waals surface area contributed by atoms with Gasteiger partial charge in [0.05, 0.1) is 4.90 Å². The first-order valence-electron chi connectivity index (χ1n) is 11.8. The summed E-state index contributed by atoms with van der Waals surface area (Å²) in [5.41, 5.74) is 6.10. The Morgan fingerprint density at radius 1 is 0.857 bits per heavy atom. The van der Waals surface area contributed by atoms with Crippen LogP contribution in [0.5, 0.6) is 0 Å². The van der Waals surface area contributed by atoms with Gasteiger partial charge in [0, 0.05) is 43.9 Å². The fraction of sp³-hybridized carbons (Fsp3) is 0.296. The van der Waals surface area contributed by atoms with Crippen LogP contribution in [-0.2, 0) is 14.9 Å². The molecule has 0 spiro atoms. The van der Waals surface area contributed by atoms with Gasteiger partial charge < -0.3 is 9.94 Å². The zero-order valence-corrected chi connectivity index (χ0v) is 20.5. The van der Waals surface area contributed by atoms with Crippen LogP contribution < -0.4 is 0 Å². The van der Waals surface area contributed by atoms with E-state index in [4.69, 9.17) is 4.84 Å². The fourth-order valence-corrected chi connectivity index (χ4v) is 6.06. The van der Waals surface area contributed by atoms with E-state index < -0.39 is 16.1 Å². The zero-order chi connectivity index (χ0) is 24.4. The molecule has 2 aliphatic rings. The highest BCUT2D eigenvalue weighted by molar-refractivity contribution is 7.89. The molecule has 1 aliphatic carbocycles. The molecular weight excluding hydrogens is 462 g/mol. The van der Waals surface area contributed by atoms with Crippen LogP contribution in [0, 0.1) is 6.92 Å². The van der Waals surface area contributed by atoms with Gasteiger partial charge in [-0.25, -0.2) is 8.42 Å². The normalized spacial score (nSPS) is 17.0. The minimum atomic E-state index is -3.50. The first kappa shape index (κ1) is 23.7. The third-order valence-electron chi connectivity index (χ3n) is 6.54. The van der Waals surface area contributed by atoms with E-state index in [2.05, 4.69) is 22.2 Å². The number of sulfonamides is 1. The summed E-state index contributed by atoms with van der Waals surface area (Å²) in [4.78, 5) is 7.96. The summed E-state index contributed by atoms with van der Waals surface area (Å²) in [5, 5.41) is 14.9. The van der Waals surface area contributed by atoms with E-state index >= 15 is 0 Å². The van der Waals surface area contributed by atoms with Crippen LogP contribution in [0.1, 0.15) is 16.7 Å². The maximum Gasteiger partial charge on any atom is 0.243 e. The monoisotopic (exact) mass is 491 g/mol. The summed E-state index contributed by atoms with van der Waals surface area (Å²) < 4.78 is 27.3. The highest BCUT2D eigenvalue weighted by Gasteiger charge is 2.29. The molecule has 7 nitrogen and oxygen atoms in total. The van der Waals surface area contributed by atoms with Crippen molar-refractivity contribution >= 4 is 15.7 Å². The highest BCUT2D eigenvalue weighted by Crippen LogP contribution is 2.36. The lowest BCUT2D eigenvalue weighted by molar-refractivity contribution is 0.0139. The number of fused-ring (bicyclic) bond motifs is 3. The molecule has 0 aromatic heterocycles. The minimum absolute atomic E-state index is 0.0652. The summed E-state index contributed by atoms with van der Waals surface area (Å²) in [5.74, 6) is 0. The molecule has 1 N–H and O–H groups in total. The van der Waals surface area contributed by atoms with E-state index in [9.17, 15) is 13.5 Å². The Balaban J connectivity index is 1.15. The molecular formula is C27H29N3O4S. The Hall–Kier alpha value is -3.04. The number of hydrogen-bond donors (Lipinski definition) is 1. The number of aliphatic hydroxyl groups excluding tert-OH is 1. The molecule has 5 rings (SSSR count). The predicted octanol–water partition coefficient (Wildman–Crippen LogP) is 3.11. The molecule has 0 bridgehead atoms. The second-order valence-corrected chi connectivity index (χ2v) is 10.9. The first-order valence-corrected chi connectivity index (χ1v) is 13.2. The van der Waals surface area contributed by atoms with E-state index in [0.717, 1.165) is 33.5 Å². The molecule has 0 saturated carbocycles. The quantitative estimate of drug-likeness (QED) is 0.402. The topological polar surface area (TPSA) is 82.4 Å². The number of benzene rings is 3. The van der Waals surface area contributed by atoms with Gasteiger partial charge in [0.1, 0.15) is 18.4 Å².